The minimum atomic E-state index is -0.385. The van der Waals surface area contributed by atoms with Gasteiger partial charge < -0.3 is 14.4 Å². The van der Waals surface area contributed by atoms with Gasteiger partial charge in [-0.1, -0.05) is 6.08 Å². The number of esters is 1. The molecule has 0 radical (unpaired) electrons. The van der Waals surface area contributed by atoms with Crippen LogP contribution in [0.1, 0.15) is 32.6 Å². The Bertz CT molecular complexity index is 338. The number of amides is 1. The molecule has 0 aromatic rings. The second kappa shape index (κ2) is 7.63. The van der Waals surface area contributed by atoms with Gasteiger partial charge in [-0.3, -0.25) is 4.79 Å². The van der Waals surface area contributed by atoms with Crippen molar-refractivity contribution in [3.05, 3.63) is 12.2 Å². The highest BCUT2D eigenvalue weighted by molar-refractivity contribution is 5.83. The summed E-state index contributed by atoms with van der Waals surface area (Å²) in [5.41, 5.74) is 0. The Labute approximate surface area is 107 Å². The normalized spacial score (nSPS) is 19.5. The van der Waals surface area contributed by atoms with E-state index in [9.17, 15) is 14.4 Å². The summed E-state index contributed by atoms with van der Waals surface area (Å²) in [7, 11) is 0. The first-order valence-corrected chi connectivity index (χ1v) is 6.27. The highest BCUT2D eigenvalue weighted by Gasteiger charge is 2.28. The van der Waals surface area contributed by atoms with Crippen molar-refractivity contribution in [1.82, 2.24) is 4.90 Å². The number of nitrogens with zero attached hydrogens (tertiary/aromatic N) is 1. The van der Waals surface area contributed by atoms with Crippen molar-refractivity contribution in [2.45, 2.75) is 38.6 Å². The lowest BCUT2D eigenvalue weighted by atomic mass is 10.2. The molecule has 1 atom stereocenters. The van der Waals surface area contributed by atoms with Gasteiger partial charge in [0.2, 0.25) is 5.91 Å². The van der Waals surface area contributed by atoms with E-state index in [0.717, 1.165) is 12.7 Å². The van der Waals surface area contributed by atoms with E-state index >= 15 is 0 Å². The topological polar surface area (TPSA) is 63.7 Å². The quantitative estimate of drug-likeness (QED) is 0.295. The molecule has 0 saturated carbocycles. The number of rotatable bonds is 7. The molecular formula is C13H19NO4. The molecule has 1 aliphatic heterocycles. The molecule has 5 nitrogen and oxygen atoms in total. The second-order valence-corrected chi connectivity index (χ2v) is 4.11. The highest BCUT2D eigenvalue weighted by Crippen LogP contribution is 2.20. The molecule has 0 aliphatic carbocycles. The molecule has 1 heterocycles. The first-order valence-electron chi connectivity index (χ1n) is 6.27. The third-order valence-corrected chi connectivity index (χ3v) is 2.84. The molecule has 1 amide bonds. The van der Waals surface area contributed by atoms with E-state index in [4.69, 9.17) is 4.74 Å². The molecule has 0 spiro atoms. The van der Waals surface area contributed by atoms with Crippen LogP contribution in [0, 0.1) is 0 Å². The van der Waals surface area contributed by atoms with Gasteiger partial charge in [0.25, 0.3) is 0 Å². The van der Waals surface area contributed by atoms with Crippen molar-refractivity contribution in [2.24, 2.45) is 0 Å². The average molecular weight is 253 g/mol. The lowest BCUT2D eigenvalue weighted by molar-refractivity contribution is -0.137. The van der Waals surface area contributed by atoms with Crippen molar-refractivity contribution >= 4 is 18.2 Å². The molecule has 5 heteroatoms. The van der Waals surface area contributed by atoms with Crippen LogP contribution in [0.3, 0.4) is 0 Å². The Morgan fingerprint density at radius 2 is 2.33 bits per heavy atom. The smallest absolute Gasteiger partial charge is 0.330 e. The zero-order chi connectivity index (χ0) is 13.4. The van der Waals surface area contributed by atoms with E-state index in [2.05, 4.69) is 0 Å². The molecule has 0 bridgehead atoms. The van der Waals surface area contributed by atoms with Gasteiger partial charge in [0, 0.05) is 25.5 Å². The molecule has 1 fully saturated rings. The minimum absolute atomic E-state index is 0.0476. The molecule has 100 valence electrons. The van der Waals surface area contributed by atoms with Gasteiger partial charge >= 0.3 is 5.97 Å². The summed E-state index contributed by atoms with van der Waals surface area (Å²) in [4.78, 5) is 34.8. The fourth-order valence-electron chi connectivity index (χ4n) is 1.97. The standard InChI is InChI=1S/C13H19NO4/c1-2-18-13(17)8-6-11-5-7-12(16)14(11)9-3-4-10-15/h6,8,10-11H,2-5,7,9H2,1H3/b8-6-/t11-/m0/s1. The lowest BCUT2D eigenvalue weighted by Crippen LogP contribution is -2.32. The number of hydrogen-bond donors (Lipinski definition) is 0. The number of hydrogen-bond acceptors (Lipinski definition) is 4. The number of likely N-dealkylation sites (tertiary alicyclic amines) is 1. The van der Waals surface area contributed by atoms with Gasteiger partial charge in [-0.15, -0.1) is 0 Å². The molecule has 0 aromatic carbocycles. The largest absolute Gasteiger partial charge is 0.463 e. The second-order valence-electron chi connectivity index (χ2n) is 4.11. The number of carbonyl (C=O) groups excluding carboxylic acids is 3. The van der Waals surface area contributed by atoms with Gasteiger partial charge in [0.1, 0.15) is 6.29 Å². The van der Waals surface area contributed by atoms with Crippen LogP contribution in [0.25, 0.3) is 0 Å². The molecule has 0 N–H and O–H groups in total. The minimum Gasteiger partial charge on any atom is -0.463 e. The Hall–Kier alpha value is -1.65. The molecule has 1 rings (SSSR count). The van der Waals surface area contributed by atoms with Crippen molar-refractivity contribution in [3.8, 4) is 0 Å². The van der Waals surface area contributed by atoms with Crippen LogP contribution in [-0.4, -0.2) is 42.3 Å². The van der Waals surface area contributed by atoms with Crippen LogP contribution in [0.5, 0.6) is 0 Å². The summed E-state index contributed by atoms with van der Waals surface area (Å²) in [5.74, 6) is -0.302. The third-order valence-electron chi connectivity index (χ3n) is 2.84. The van der Waals surface area contributed by atoms with Gasteiger partial charge in [0.15, 0.2) is 0 Å². The van der Waals surface area contributed by atoms with E-state index < -0.39 is 0 Å². The maximum atomic E-state index is 11.6. The fourth-order valence-corrected chi connectivity index (χ4v) is 1.97. The molecule has 18 heavy (non-hydrogen) atoms. The van der Waals surface area contributed by atoms with Crippen molar-refractivity contribution in [2.75, 3.05) is 13.2 Å². The van der Waals surface area contributed by atoms with E-state index in [1.54, 1.807) is 17.9 Å². The first-order chi connectivity index (χ1) is 8.69. The van der Waals surface area contributed by atoms with Crippen LogP contribution < -0.4 is 0 Å². The van der Waals surface area contributed by atoms with Crippen LogP contribution in [0.15, 0.2) is 12.2 Å². The van der Waals surface area contributed by atoms with E-state index in [-0.39, 0.29) is 17.9 Å². The Morgan fingerprint density at radius 3 is 3.00 bits per heavy atom. The number of unbranched alkanes of at least 4 members (excludes halogenated alkanes) is 1. The van der Waals surface area contributed by atoms with Crippen LogP contribution in [-0.2, 0) is 19.1 Å². The molecular weight excluding hydrogens is 234 g/mol. The summed E-state index contributed by atoms with van der Waals surface area (Å²) in [6.07, 6.45) is 6.28. The maximum absolute atomic E-state index is 11.6. The first kappa shape index (κ1) is 14.4. The number of carbonyl (C=O) groups is 3. The predicted octanol–water partition coefficient (Wildman–Crippen LogP) is 1.08. The molecule has 1 saturated heterocycles. The molecule has 0 unspecified atom stereocenters. The molecule has 1 aliphatic rings. The number of aldehydes is 1. The maximum Gasteiger partial charge on any atom is 0.330 e. The van der Waals surface area contributed by atoms with Crippen molar-refractivity contribution in [1.29, 1.82) is 0 Å². The zero-order valence-corrected chi connectivity index (χ0v) is 10.6. The van der Waals surface area contributed by atoms with E-state index in [1.165, 1.54) is 6.08 Å². The van der Waals surface area contributed by atoms with Gasteiger partial charge in [-0.2, -0.15) is 0 Å². The van der Waals surface area contributed by atoms with Gasteiger partial charge in [-0.25, -0.2) is 4.79 Å². The van der Waals surface area contributed by atoms with E-state index in [0.29, 0.717) is 32.4 Å². The average Bonchev–Trinajstić information content (AvgIpc) is 2.69. The lowest BCUT2D eigenvalue weighted by Gasteiger charge is -2.21. The van der Waals surface area contributed by atoms with Gasteiger partial charge in [0.05, 0.1) is 12.6 Å². The monoisotopic (exact) mass is 253 g/mol. The third kappa shape index (κ3) is 4.31. The number of ether oxygens (including phenoxy) is 1. The fraction of sp³-hybridized carbons (Fsp3) is 0.615. The summed E-state index contributed by atoms with van der Waals surface area (Å²) in [6.45, 7) is 2.65. The summed E-state index contributed by atoms with van der Waals surface area (Å²) >= 11 is 0. The van der Waals surface area contributed by atoms with Crippen LogP contribution in [0.4, 0.5) is 0 Å². The summed E-state index contributed by atoms with van der Waals surface area (Å²) in [6, 6.07) is -0.0476. The van der Waals surface area contributed by atoms with E-state index in [1.807, 2.05) is 0 Å². The van der Waals surface area contributed by atoms with Crippen molar-refractivity contribution in [3.63, 3.8) is 0 Å². The van der Waals surface area contributed by atoms with Crippen LogP contribution >= 0.6 is 0 Å². The summed E-state index contributed by atoms with van der Waals surface area (Å²) < 4.78 is 4.79. The highest BCUT2D eigenvalue weighted by atomic mass is 16.5. The SMILES string of the molecule is CCOC(=O)/C=C\[C@@H]1CCC(=O)N1CCCC=O. The molecule has 0 aromatic heterocycles. The Morgan fingerprint density at radius 1 is 1.56 bits per heavy atom. The van der Waals surface area contributed by atoms with Crippen molar-refractivity contribution < 1.29 is 19.1 Å². The zero-order valence-electron chi connectivity index (χ0n) is 10.6. The van der Waals surface area contributed by atoms with Crippen LogP contribution in [0.2, 0.25) is 0 Å². The van der Waals surface area contributed by atoms with Gasteiger partial charge in [-0.05, 0) is 19.8 Å². The Balaban J connectivity index is 2.49. The predicted molar refractivity (Wildman–Crippen MR) is 65.8 cm³/mol. The Kier molecular flexibility index (Phi) is 6.11. The summed E-state index contributed by atoms with van der Waals surface area (Å²) in [5, 5.41) is 0.